The molecule has 0 saturated carbocycles. The number of nitriles is 1. The molecule has 0 spiro atoms. The van der Waals surface area contributed by atoms with Crippen molar-refractivity contribution in [1.82, 2.24) is 4.98 Å². The monoisotopic (exact) mass is 283 g/mol. The lowest BCUT2D eigenvalue weighted by Gasteiger charge is -2.11. The summed E-state index contributed by atoms with van der Waals surface area (Å²) in [6.07, 6.45) is 3.93. The van der Waals surface area contributed by atoms with Crippen LogP contribution in [0.3, 0.4) is 0 Å². The molecule has 0 radical (unpaired) electrons. The average Bonchev–Trinajstić information content (AvgIpc) is 2.50. The molecule has 0 amide bonds. The van der Waals surface area contributed by atoms with E-state index in [-0.39, 0.29) is 6.10 Å². The lowest BCUT2D eigenvalue weighted by molar-refractivity contribution is 0.0765. The minimum atomic E-state index is 0.285. The van der Waals surface area contributed by atoms with Gasteiger partial charge in [0.1, 0.15) is 6.07 Å². The van der Waals surface area contributed by atoms with Crippen LogP contribution in [0, 0.1) is 11.3 Å². The highest BCUT2D eigenvalue weighted by atomic mass is 16.5. The second-order valence-corrected chi connectivity index (χ2v) is 5.23. The van der Waals surface area contributed by atoms with Crippen LogP contribution in [0.4, 0.5) is 5.69 Å². The number of hydrogen-bond donors (Lipinski definition) is 1. The van der Waals surface area contributed by atoms with E-state index in [1.165, 1.54) is 0 Å². The fourth-order valence-electron chi connectivity index (χ4n) is 2.18. The molecule has 1 aromatic heterocycles. The van der Waals surface area contributed by atoms with Gasteiger partial charge in [0.05, 0.1) is 22.9 Å². The molecule has 21 heavy (non-hydrogen) atoms. The Morgan fingerprint density at radius 3 is 2.86 bits per heavy atom. The normalized spacial score (nSPS) is 10.8. The number of rotatable bonds is 7. The van der Waals surface area contributed by atoms with E-state index in [1.807, 2.05) is 38.1 Å². The topological polar surface area (TPSA) is 57.9 Å². The first kappa shape index (κ1) is 15.3. The zero-order chi connectivity index (χ0) is 15.1. The van der Waals surface area contributed by atoms with Crippen molar-refractivity contribution in [2.24, 2.45) is 0 Å². The second-order valence-electron chi connectivity index (χ2n) is 5.23. The van der Waals surface area contributed by atoms with Gasteiger partial charge in [-0.05, 0) is 32.8 Å². The number of nitrogens with zero attached hydrogens (tertiary/aromatic N) is 2. The maximum atomic E-state index is 9.23. The molecule has 0 aliphatic heterocycles. The fraction of sp³-hybridized carbons (Fsp3) is 0.412. The van der Waals surface area contributed by atoms with Crippen LogP contribution in [0.25, 0.3) is 10.9 Å². The molecule has 0 unspecified atom stereocenters. The summed E-state index contributed by atoms with van der Waals surface area (Å²) >= 11 is 0. The Morgan fingerprint density at radius 1 is 1.29 bits per heavy atom. The van der Waals surface area contributed by atoms with Crippen molar-refractivity contribution in [3.05, 3.63) is 36.0 Å². The highest BCUT2D eigenvalue weighted by molar-refractivity contribution is 5.93. The van der Waals surface area contributed by atoms with Crippen LogP contribution in [0.2, 0.25) is 0 Å². The van der Waals surface area contributed by atoms with E-state index in [1.54, 1.807) is 6.20 Å². The van der Waals surface area contributed by atoms with Crippen molar-refractivity contribution in [3.8, 4) is 6.07 Å². The summed E-state index contributed by atoms with van der Waals surface area (Å²) in [7, 11) is 0. The largest absolute Gasteiger partial charge is 0.383 e. The van der Waals surface area contributed by atoms with Crippen molar-refractivity contribution >= 4 is 16.6 Å². The van der Waals surface area contributed by atoms with Gasteiger partial charge < -0.3 is 10.1 Å². The molecule has 2 rings (SSSR count). The zero-order valence-corrected chi connectivity index (χ0v) is 12.6. The Labute approximate surface area is 125 Å². The van der Waals surface area contributed by atoms with Gasteiger partial charge in [0.25, 0.3) is 0 Å². The van der Waals surface area contributed by atoms with Gasteiger partial charge in [-0.1, -0.05) is 18.2 Å². The van der Waals surface area contributed by atoms with Crippen LogP contribution in [0.15, 0.2) is 30.5 Å². The number of para-hydroxylation sites is 1. The van der Waals surface area contributed by atoms with Crippen LogP contribution in [-0.2, 0) is 4.74 Å². The van der Waals surface area contributed by atoms with E-state index >= 15 is 0 Å². The highest BCUT2D eigenvalue weighted by Gasteiger charge is 2.07. The van der Waals surface area contributed by atoms with Crippen LogP contribution in [0.5, 0.6) is 0 Å². The van der Waals surface area contributed by atoms with Crippen molar-refractivity contribution in [1.29, 1.82) is 5.26 Å². The van der Waals surface area contributed by atoms with Gasteiger partial charge in [-0.3, -0.25) is 4.98 Å². The molecule has 0 aliphatic rings. The molecule has 4 nitrogen and oxygen atoms in total. The van der Waals surface area contributed by atoms with Crippen LogP contribution in [-0.4, -0.2) is 24.2 Å². The first-order valence-corrected chi connectivity index (χ1v) is 7.35. The summed E-state index contributed by atoms with van der Waals surface area (Å²) in [6, 6.07) is 10.1. The summed E-state index contributed by atoms with van der Waals surface area (Å²) in [5.74, 6) is 0. The van der Waals surface area contributed by atoms with Crippen molar-refractivity contribution in [2.45, 2.75) is 32.8 Å². The van der Waals surface area contributed by atoms with E-state index in [0.29, 0.717) is 5.56 Å². The van der Waals surface area contributed by atoms with Crippen molar-refractivity contribution in [2.75, 3.05) is 18.5 Å². The molecular formula is C17H21N3O. The van der Waals surface area contributed by atoms with Gasteiger partial charge in [-0.15, -0.1) is 0 Å². The van der Waals surface area contributed by atoms with Gasteiger partial charge in [-0.2, -0.15) is 5.26 Å². The molecule has 4 heteroatoms. The van der Waals surface area contributed by atoms with Crippen molar-refractivity contribution < 1.29 is 4.74 Å². The number of ether oxygens (including phenoxy) is 1. The van der Waals surface area contributed by atoms with E-state index in [4.69, 9.17) is 4.74 Å². The minimum absolute atomic E-state index is 0.285. The van der Waals surface area contributed by atoms with Gasteiger partial charge in [0.2, 0.25) is 0 Å². The molecule has 0 saturated heterocycles. The first-order chi connectivity index (χ1) is 10.2. The van der Waals surface area contributed by atoms with E-state index < -0.39 is 0 Å². The number of pyridine rings is 1. The highest BCUT2D eigenvalue weighted by Crippen LogP contribution is 2.25. The molecule has 1 aromatic carbocycles. The molecule has 0 bridgehead atoms. The van der Waals surface area contributed by atoms with E-state index in [9.17, 15) is 5.26 Å². The van der Waals surface area contributed by atoms with Crippen LogP contribution in [0.1, 0.15) is 32.3 Å². The summed E-state index contributed by atoms with van der Waals surface area (Å²) in [4.78, 5) is 4.31. The first-order valence-electron chi connectivity index (χ1n) is 7.35. The number of hydrogen-bond acceptors (Lipinski definition) is 4. The molecule has 2 aromatic rings. The summed E-state index contributed by atoms with van der Waals surface area (Å²) in [5, 5.41) is 13.6. The number of aromatic nitrogens is 1. The van der Waals surface area contributed by atoms with Crippen molar-refractivity contribution in [3.63, 3.8) is 0 Å². The predicted molar refractivity (Wildman–Crippen MR) is 85.3 cm³/mol. The molecule has 0 fully saturated rings. The molecular weight excluding hydrogens is 262 g/mol. The maximum absolute atomic E-state index is 9.23. The number of anilines is 1. The summed E-state index contributed by atoms with van der Waals surface area (Å²) < 4.78 is 5.52. The Bertz CT molecular complexity index is 631. The van der Waals surface area contributed by atoms with Gasteiger partial charge >= 0.3 is 0 Å². The third kappa shape index (κ3) is 4.17. The standard InChI is InChI=1S/C17H21N3O/c1-13(2)21-10-6-5-9-19-17-14(11-18)12-20-16-8-4-3-7-15(16)17/h3-4,7-8,12-13H,5-6,9-10H2,1-2H3,(H,19,20). The smallest absolute Gasteiger partial charge is 0.103 e. The Kier molecular flexibility index (Phi) is 5.53. The van der Waals surface area contributed by atoms with Gasteiger partial charge in [-0.25, -0.2) is 0 Å². The fourth-order valence-corrected chi connectivity index (χ4v) is 2.18. The average molecular weight is 283 g/mol. The molecule has 110 valence electrons. The number of unbranched alkanes of at least 4 members (excludes halogenated alkanes) is 1. The van der Waals surface area contributed by atoms with Crippen LogP contribution >= 0.6 is 0 Å². The maximum Gasteiger partial charge on any atom is 0.103 e. The summed E-state index contributed by atoms with van der Waals surface area (Å²) in [5.41, 5.74) is 2.38. The lowest BCUT2D eigenvalue weighted by Crippen LogP contribution is -2.08. The van der Waals surface area contributed by atoms with Gasteiger partial charge in [0, 0.05) is 24.7 Å². The quantitative estimate of drug-likeness (QED) is 0.787. The van der Waals surface area contributed by atoms with E-state index in [0.717, 1.165) is 42.6 Å². The Balaban J connectivity index is 1.99. The zero-order valence-electron chi connectivity index (χ0n) is 12.6. The Hall–Kier alpha value is -2.12. The number of nitrogens with one attached hydrogen (secondary N) is 1. The molecule has 0 aliphatic carbocycles. The third-order valence-electron chi connectivity index (χ3n) is 3.22. The number of benzene rings is 1. The predicted octanol–water partition coefficient (Wildman–Crippen LogP) is 3.72. The minimum Gasteiger partial charge on any atom is -0.383 e. The summed E-state index contributed by atoms with van der Waals surface area (Å²) in [6.45, 7) is 5.69. The molecule has 1 N–H and O–H groups in total. The number of fused-ring (bicyclic) bond motifs is 1. The lowest BCUT2D eigenvalue weighted by atomic mass is 10.1. The van der Waals surface area contributed by atoms with Crippen LogP contribution < -0.4 is 5.32 Å². The molecule has 1 heterocycles. The SMILES string of the molecule is CC(C)OCCCCNc1c(C#N)cnc2ccccc12. The third-order valence-corrected chi connectivity index (χ3v) is 3.22. The Morgan fingerprint density at radius 2 is 2.10 bits per heavy atom. The molecule has 0 atom stereocenters. The van der Waals surface area contributed by atoms with E-state index in [2.05, 4.69) is 16.4 Å². The van der Waals surface area contributed by atoms with Gasteiger partial charge in [0.15, 0.2) is 0 Å². The second kappa shape index (κ2) is 7.61.